The first kappa shape index (κ1) is 32.6. The van der Waals surface area contributed by atoms with Gasteiger partial charge in [0.25, 0.3) is 0 Å². The summed E-state index contributed by atoms with van der Waals surface area (Å²) >= 11 is 0. The van der Waals surface area contributed by atoms with Crippen LogP contribution in [0.3, 0.4) is 0 Å². The number of allylic oxidation sites excluding steroid dienone is 4. The molecule has 1 aromatic heterocycles. The van der Waals surface area contributed by atoms with Crippen LogP contribution in [-0.4, -0.2) is 95.0 Å². The van der Waals surface area contributed by atoms with Crippen molar-refractivity contribution in [1.82, 2.24) is 9.55 Å². The van der Waals surface area contributed by atoms with Crippen LogP contribution < -0.4 is 11.4 Å². The number of rotatable bonds is 4. The maximum Gasteiger partial charge on any atom is 0.351 e. The van der Waals surface area contributed by atoms with Crippen LogP contribution in [0.15, 0.2) is 40.9 Å². The third kappa shape index (κ3) is 4.89. The molecule has 0 spiro atoms. The number of ether oxygens (including phenoxy) is 1. The average Bonchev–Trinajstić information content (AvgIpc) is 3.41. The zero-order chi connectivity index (χ0) is 32.4. The summed E-state index contributed by atoms with van der Waals surface area (Å²) in [7, 11) is 0. The maximum atomic E-state index is 12.4. The first-order valence-electron chi connectivity index (χ1n) is 15.1. The molecule has 13 heteroatoms. The van der Waals surface area contributed by atoms with Crippen LogP contribution in [0.2, 0.25) is 0 Å². The van der Waals surface area contributed by atoms with Crippen molar-refractivity contribution in [2.45, 2.75) is 82.7 Å². The molecular weight excluding hydrogens is 574 g/mol. The second kappa shape index (κ2) is 11.5. The van der Waals surface area contributed by atoms with Gasteiger partial charge >= 0.3 is 5.69 Å². The summed E-state index contributed by atoms with van der Waals surface area (Å²) in [4.78, 5) is 39.4. The van der Waals surface area contributed by atoms with Crippen molar-refractivity contribution in [3.05, 3.63) is 46.5 Å². The van der Waals surface area contributed by atoms with E-state index in [-0.39, 0.29) is 40.7 Å². The lowest BCUT2D eigenvalue weighted by Crippen LogP contribution is -2.62. The molecule has 242 valence electrons. The SMILES string of the molecule is C[C@H]1C[C@@H]2[C@H]([C@@H](O)C[C@@]3(C)[C@H]2CC[C@]3(O)C(=O)CO)[C@@]2(C)C=CC(=O)C=C12.Nc1ccn([C@@H]2O[C@H](CO)[C@@H](O)[C@@H]2O)c(=O)n1. The average molecular weight is 618 g/mol. The second-order valence-electron chi connectivity index (χ2n) is 13.5. The lowest BCUT2D eigenvalue weighted by Gasteiger charge is -2.60. The van der Waals surface area contributed by atoms with Gasteiger partial charge in [-0.15, -0.1) is 0 Å². The van der Waals surface area contributed by atoms with Crippen molar-refractivity contribution in [3.63, 3.8) is 0 Å². The molecule has 3 saturated carbocycles. The van der Waals surface area contributed by atoms with E-state index in [1.54, 1.807) is 12.2 Å². The zero-order valence-electron chi connectivity index (χ0n) is 25.1. The van der Waals surface area contributed by atoms with Crippen LogP contribution in [0.5, 0.6) is 0 Å². The van der Waals surface area contributed by atoms with E-state index in [1.807, 2.05) is 13.0 Å². The number of nitrogens with two attached hydrogens (primary N) is 1. The Morgan fingerprint density at radius 3 is 2.50 bits per heavy atom. The Morgan fingerprint density at radius 2 is 1.89 bits per heavy atom. The van der Waals surface area contributed by atoms with Gasteiger partial charge < -0.3 is 41.1 Å². The van der Waals surface area contributed by atoms with Gasteiger partial charge in [0.1, 0.15) is 36.3 Å². The number of carbonyl (C=O) groups excluding carboxylic acids is 2. The fourth-order valence-corrected chi connectivity index (χ4v) is 9.07. The van der Waals surface area contributed by atoms with Crippen LogP contribution in [-0.2, 0) is 14.3 Å². The van der Waals surface area contributed by atoms with Gasteiger partial charge in [-0.3, -0.25) is 14.2 Å². The monoisotopic (exact) mass is 617 g/mol. The number of hydrogen-bond donors (Lipinski definition) is 7. The van der Waals surface area contributed by atoms with Crippen LogP contribution in [0.25, 0.3) is 0 Å². The molecule has 44 heavy (non-hydrogen) atoms. The summed E-state index contributed by atoms with van der Waals surface area (Å²) in [5, 5.41) is 60.0. The number of carbonyl (C=O) groups is 2. The Bertz CT molecular complexity index is 1430. The summed E-state index contributed by atoms with van der Waals surface area (Å²) in [6.07, 6.45) is 3.60. The number of fused-ring (bicyclic) bond motifs is 5. The Labute approximate surface area is 254 Å². The Morgan fingerprint density at radius 1 is 1.18 bits per heavy atom. The van der Waals surface area contributed by atoms with E-state index >= 15 is 0 Å². The lowest BCUT2D eigenvalue weighted by atomic mass is 9.45. The molecule has 2 heterocycles. The Balaban J connectivity index is 0.000000195. The molecule has 1 saturated heterocycles. The van der Waals surface area contributed by atoms with Crippen LogP contribution in [0.1, 0.15) is 52.7 Å². The highest BCUT2D eigenvalue weighted by molar-refractivity contribution is 6.01. The van der Waals surface area contributed by atoms with Crippen molar-refractivity contribution in [2.75, 3.05) is 18.9 Å². The van der Waals surface area contributed by atoms with Crippen molar-refractivity contribution < 1.29 is 45.0 Å². The Kier molecular flexibility index (Phi) is 8.55. The summed E-state index contributed by atoms with van der Waals surface area (Å²) in [5.74, 6) is -0.0231. The van der Waals surface area contributed by atoms with E-state index in [0.29, 0.717) is 12.8 Å². The van der Waals surface area contributed by atoms with Crippen LogP contribution in [0, 0.1) is 34.5 Å². The fraction of sp³-hybridized carbons (Fsp3) is 0.677. The third-order valence-corrected chi connectivity index (χ3v) is 11.2. The minimum Gasteiger partial charge on any atom is -0.394 e. The van der Waals surface area contributed by atoms with Crippen molar-refractivity contribution >= 4 is 17.4 Å². The van der Waals surface area contributed by atoms with Crippen LogP contribution in [0.4, 0.5) is 5.82 Å². The number of aliphatic hydroxyl groups is 6. The lowest BCUT2D eigenvalue weighted by molar-refractivity contribution is -0.180. The molecule has 8 N–H and O–H groups in total. The highest BCUT2D eigenvalue weighted by Gasteiger charge is 2.68. The zero-order valence-corrected chi connectivity index (χ0v) is 25.1. The number of nitrogens with zero attached hydrogens (tertiary/aromatic N) is 2. The molecular formula is C31H43N3O10. The third-order valence-electron chi connectivity index (χ3n) is 11.2. The molecule has 1 aromatic rings. The normalized spacial score (nSPS) is 44.2. The van der Waals surface area contributed by atoms with Gasteiger partial charge in [0.05, 0.1) is 12.7 Å². The number of nitrogen functional groups attached to an aromatic ring is 1. The minimum atomic E-state index is -1.57. The van der Waals surface area contributed by atoms with Crippen molar-refractivity contribution in [2.24, 2.45) is 34.5 Å². The number of aromatic nitrogens is 2. The summed E-state index contributed by atoms with van der Waals surface area (Å²) < 4.78 is 6.19. The molecule has 0 unspecified atom stereocenters. The molecule has 0 aromatic carbocycles. The van der Waals surface area contributed by atoms with Gasteiger partial charge in [-0.1, -0.05) is 32.4 Å². The molecule has 1 aliphatic heterocycles. The van der Waals surface area contributed by atoms with Gasteiger partial charge in [0.2, 0.25) is 0 Å². The van der Waals surface area contributed by atoms with Crippen molar-refractivity contribution in [1.29, 1.82) is 0 Å². The number of ketones is 2. The van der Waals surface area contributed by atoms with E-state index in [4.69, 9.17) is 15.6 Å². The molecule has 0 bridgehead atoms. The first-order valence-corrected chi connectivity index (χ1v) is 15.1. The van der Waals surface area contributed by atoms with E-state index in [1.165, 1.54) is 12.3 Å². The minimum absolute atomic E-state index is 0.00620. The van der Waals surface area contributed by atoms with E-state index in [9.17, 15) is 39.9 Å². The van der Waals surface area contributed by atoms with Crippen LogP contribution >= 0.6 is 0 Å². The number of hydrogen-bond acceptors (Lipinski definition) is 12. The Hall–Kier alpha value is -2.78. The highest BCUT2D eigenvalue weighted by atomic mass is 16.6. The van der Waals surface area contributed by atoms with Gasteiger partial charge in [0.15, 0.2) is 17.8 Å². The molecule has 0 radical (unpaired) electrons. The van der Waals surface area contributed by atoms with Crippen molar-refractivity contribution in [3.8, 4) is 0 Å². The molecule has 13 nitrogen and oxygen atoms in total. The van der Waals surface area contributed by atoms with Gasteiger partial charge in [-0.05, 0) is 61.7 Å². The largest absolute Gasteiger partial charge is 0.394 e. The van der Waals surface area contributed by atoms with Gasteiger partial charge in [0, 0.05) is 22.9 Å². The second-order valence-corrected chi connectivity index (χ2v) is 13.5. The summed E-state index contributed by atoms with van der Waals surface area (Å²) in [5.41, 5.74) is 3.04. The predicted octanol–water partition coefficient (Wildman–Crippen LogP) is -0.759. The van der Waals surface area contributed by atoms with Gasteiger partial charge in [-0.25, -0.2) is 4.79 Å². The molecule has 0 amide bonds. The summed E-state index contributed by atoms with van der Waals surface area (Å²) in [6, 6.07) is 1.37. The number of Topliss-reactive ketones (excluding diaryl/α,β-unsaturated/α-hetero) is 1. The first-order chi connectivity index (χ1) is 20.6. The maximum absolute atomic E-state index is 12.4. The number of anilines is 1. The standard InChI is InChI=1S/C22H30O5.C9H13N3O5/c1-12-8-14-15-5-7-22(27,18(26)11-23)21(15,3)10-17(25)19(14)20(2)6-4-13(24)9-16(12)20;10-5-1-2-12(9(16)11-5)8-7(15)6(14)4(3-13)17-8/h4,6,9,12,14-15,17,19,23,25,27H,5,7-8,10-11H2,1-3H3;1-2,4,6-8,13-15H,3H2,(H2,10,11,16)/t12-,14-,15-,17-,19+,20-,21-,22-;4-,6-,7+,8-/m01/s1. The number of aliphatic hydroxyl groups excluding tert-OH is 5. The van der Waals surface area contributed by atoms with E-state index in [0.717, 1.165) is 23.0 Å². The quantitative estimate of drug-likeness (QED) is 0.221. The predicted molar refractivity (Wildman–Crippen MR) is 156 cm³/mol. The van der Waals surface area contributed by atoms with E-state index in [2.05, 4.69) is 18.8 Å². The fourth-order valence-electron chi connectivity index (χ4n) is 9.07. The molecule has 6 rings (SSSR count). The topological polar surface area (TPSA) is 226 Å². The molecule has 4 fully saturated rings. The molecule has 4 aliphatic carbocycles. The highest BCUT2D eigenvalue weighted by Crippen LogP contribution is 2.67. The van der Waals surface area contributed by atoms with Gasteiger partial charge in [-0.2, -0.15) is 4.98 Å². The van der Waals surface area contributed by atoms with E-state index < -0.39 is 66.3 Å². The molecule has 12 atom stereocenters. The molecule has 5 aliphatic rings. The summed E-state index contributed by atoms with van der Waals surface area (Å²) in [6.45, 7) is 5.03. The smallest absolute Gasteiger partial charge is 0.351 e.